The number of nitrogens with zero attached hydrogens (tertiary/aromatic N) is 2. The molecule has 2 rings (SSSR count). The highest BCUT2D eigenvalue weighted by atomic mass is 32.2. The van der Waals surface area contributed by atoms with E-state index in [4.69, 9.17) is 0 Å². The van der Waals surface area contributed by atoms with E-state index >= 15 is 0 Å². The fourth-order valence-corrected chi connectivity index (χ4v) is 2.08. The molecule has 0 fully saturated rings. The van der Waals surface area contributed by atoms with Crippen LogP contribution in [0.4, 0.5) is 5.69 Å². The molecule has 0 bridgehead atoms. The van der Waals surface area contributed by atoms with Crippen LogP contribution in [0.2, 0.25) is 0 Å². The SMILES string of the molecule is Cc1ccc(NS(=O)(=O)c2cnc[nH]2)cn1. The van der Waals surface area contributed by atoms with E-state index in [-0.39, 0.29) is 5.03 Å². The third-order valence-electron chi connectivity index (χ3n) is 1.93. The second-order valence-corrected chi connectivity index (χ2v) is 4.86. The molecule has 0 aromatic carbocycles. The van der Waals surface area contributed by atoms with Crippen molar-refractivity contribution in [1.29, 1.82) is 0 Å². The molecule has 7 heteroatoms. The molecule has 6 nitrogen and oxygen atoms in total. The lowest BCUT2D eigenvalue weighted by atomic mass is 10.4. The number of pyridine rings is 1. The maximum absolute atomic E-state index is 11.7. The zero-order valence-electron chi connectivity index (χ0n) is 8.51. The van der Waals surface area contributed by atoms with Gasteiger partial charge in [0.25, 0.3) is 10.0 Å². The van der Waals surface area contributed by atoms with Crippen LogP contribution >= 0.6 is 0 Å². The van der Waals surface area contributed by atoms with Crippen LogP contribution in [0.3, 0.4) is 0 Å². The lowest BCUT2D eigenvalue weighted by Crippen LogP contribution is -2.13. The Morgan fingerprint density at radius 2 is 2.12 bits per heavy atom. The molecule has 2 N–H and O–H groups in total. The summed E-state index contributed by atoms with van der Waals surface area (Å²) in [7, 11) is -3.59. The summed E-state index contributed by atoms with van der Waals surface area (Å²) in [6, 6.07) is 3.38. The average molecular weight is 238 g/mol. The average Bonchev–Trinajstić information content (AvgIpc) is 2.75. The quantitative estimate of drug-likeness (QED) is 0.832. The molecule has 0 aliphatic carbocycles. The molecule has 2 heterocycles. The Kier molecular flexibility index (Phi) is 2.61. The van der Waals surface area contributed by atoms with E-state index in [2.05, 4.69) is 19.7 Å². The Balaban J connectivity index is 2.25. The first-order valence-corrected chi connectivity index (χ1v) is 6.00. The molecule has 0 unspecified atom stereocenters. The summed E-state index contributed by atoms with van der Waals surface area (Å²) in [5, 5.41) is 0.0214. The van der Waals surface area contributed by atoms with Crippen LogP contribution in [-0.4, -0.2) is 23.4 Å². The van der Waals surface area contributed by atoms with Gasteiger partial charge in [0.1, 0.15) is 0 Å². The summed E-state index contributed by atoms with van der Waals surface area (Å²) in [5.74, 6) is 0. The van der Waals surface area contributed by atoms with Gasteiger partial charge in [-0.15, -0.1) is 0 Å². The van der Waals surface area contributed by atoms with Gasteiger partial charge in [-0.1, -0.05) is 0 Å². The van der Waals surface area contributed by atoms with Gasteiger partial charge in [-0.2, -0.15) is 8.42 Å². The van der Waals surface area contributed by atoms with E-state index in [1.807, 2.05) is 6.92 Å². The Hall–Kier alpha value is -1.89. The molecule has 84 valence electrons. The van der Waals surface area contributed by atoms with Crippen molar-refractivity contribution in [1.82, 2.24) is 15.0 Å². The number of H-pyrrole nitrogens is 1. The van der Waals surface area contributed by atoms with E-state index in [0.29, 0.717) is 5.69 Å². The van der Waals surface area contributed by atoms with Gasteiger partial charge in [0.2, 0.25) is 0 Å². The largest absolute Gasteiger partial charge is 0.334 e. The molecule has 0 saturated carbocycles. The van der Waals surface area contributed by atoms with Crippen molar-refractivity contribution in [2.75, 3.05) is 4.72 Å². The Morgan fingerprint density at radius 3 is 2.69 bits per heavy atom. The van der Waals surface area contributed by atoms with E-state index in [0.717, 1.165) is 5.69 Å². The molecule has 2 aromatic heterocycles. The molecule has 0 atom stereocenters. The van der Waals surface area contributed by atoms with Crippen molar-refractivity contribution in [3.8, 4) is 0 Å². The van der Waals surface area contributed by atoms with Gasteiger partial charge in [-0.25, -0.2) is 4.98 Å². The monoisotopic (exact) mass is 238 g/mol. The fraction of sp³-hybridized carbons (Fsp3) is 0.111. The van der Waals surface area contributed by atoms with Crippen LogP contribution < -0.4 is 4.72 Å². The van der Waals surface area contributed by atoms with Gasteiger partial charge in [-0.3, -0.25) is 9.71 Å². The Bertz CT molecular complexity index is 560. The third kappa shape index (κ3) is 2.19. The fourth-order valence-electron chi connectivity index (χ4n) is 1.13. The second kappa shape index (κ2) is 3.93. The van der Waals surface area contributed by atoms with Crippen LogP contribution in [0, 0.1) is 6.92 Å². The molecule has 0 aliphatic heterocycles. The third-order valence-corrected chi connectivity index (χ3v) is 3.23. The predicted octanol–water partition coefficient (Wildman–Crippen LogP) is 0.914. The van der Waals surface area contributed by atoms with Gasteiger partial charge < -0.3 is 4.98 Å². The molecule has 0 saturated heterocycles. The van der Waals surface area contributed by atoms with E-state index in [1.165, 1.54) is 18.7 Å². The first kappa shape index (κ1) is 10.6. The zero-order valence-corrected chi connectivity index (χ0v) is 9.32. The molecule has 0 radical (unpaired) electrons. The standard InChI is InChI=1S/C9H10N4O2S/c1-7-2-3-8(4-11-7)13-16(14,15)9-5-10-6-12-9/h2-6,13H,1H3,(H,10,12). The van der Waals surface area contributed by atoms with Crippen molar-refractivity contribution in [2.45, 2.75) is 11.9 Å². The van der Waals surface area contributed by atoms with Crippen molar-refractivity contribution >= 4 is 15.7 Å². The topological polar surface area (TPSA) is 87.7 Å². The first-order chi connectivity index (χ1) is 7.58. The highest BCUT2D eigenvalue weighted by Crippen LogP contribution is 2.12. The number of aromatic amines is 1. The summed E-state index contributed by atoms with van der Waals surface area (Å²) < 4.78 is 25.9. The minimum absolute atomic E-state index is 0.0214. The number of imidazole rings is 1. The van der Waals surface area contributed by atoms with Gasteiger partial charge in [0, 0.05) is 5.69 Å². The number of sulfonamides is 1. The molecule has 16 heavy (non-hydrogen) atoms. The molecular weight excluding hydrogens is 228 g/mol. The molecular formula is C9H10N4O2S. The highest BCUT2D eigenvalue weighted by Gasteiger charge is 2.15. The molecule has 0 spiro atoms. The first-order valence-electron chi connectivity index (χ1n) is 4.52. The number of aromatic nitrogens is 3. The smallest absolute Gasteiger partial charge is 0.279 e. The van der Waals surface area contributed by atoms with E-state index in [9.17, 15) is 8.42 Å². The molecule has 0 aliphatic rings. The minimum atomic E-state index is -3.59. The number of hydrogen-bond donors (Lipinski definition) is 2. The summed E-state index contributed by atoms with van der Waals surface area (Å²) in [6.45, 7) is 1.83. The van der Waals surface area contributed by atoms with E-state index in [1.54, 1.807) is 12.1 Å². The number of anilines is 1. The van der Waals surface area contributed by atoms with E-state index < -0.39 is 10.0 Å². The highest BCUT2D eigenvalue weighted by molar-refractivity contribution is 7.92. The van der Waals surface area contributed by atoms with Crippen LogP contribution in [0.15, 0.2) is 35.9 Å². The number of rotatable bonds is 3. The Morgan fingerprint density at radius 1 is 1.31 bits per heavy atom. The lowest BCUT2D eigenvalue weighted by molar-refractivity contribution is 0.598. The summed E-state index contributed by atoms with van der Waals surface area (Å²) in [4.78, 5) is 10.2. The summed E-state index contributed by atoms with van der Waals surface area (Å²) in [6.07, 6.45) is 4.01. The number of hydrogen-bond acceptors (Lipinski definition) is 4. The van der Waals surface area contributed by atoms with Crippen LogP contribution in [0.25, 0.3) is 0 Å². The molecule has 0 amide bonds. The number of aryl methyl sites for hydroxylation is 1. The normalized spacial score (nSPS) is 11.3. The van der Waals surface area contributed by atoms with Gasteiger partial charge in [-0.05, 0) is 19.1 Å². The number of nitrogens with one attached hydrogen (secondary N) is 2. The molecule has 2 aromatic rings. The van der Waals surface area contributed by atoms with Gasteiger partial charge in [0.05, 0.1) is 24.4 Å². The van der Waals surface area contributed by atoms with Crippen LogP contribution in [0.1, 0.15) is 5.69 Å². The van der Waals surface area contributed by atoms with Crippen molar-refractivity contribution in [2.24, 2.45) is 0 Å². The predicted molar refractivity (Wildman–Crippen MR) is 58.4 cm³/mol. The van der Waals surface area contributed by atoms with Gasteiger partial charge in [0.15, 0.2) is 5.03 Å². The van der Waals surface area contributed by atoms with Crippen LogP contribution in [-0.2, 0) is 10.0 Å². The zero-order chi connectivity index (χ0) is 11.6. The second-order valence-electron chi connectivity index (χ2n) is 3.21. The lowest BCUT2D eigenvalue weighted by Gasteiger charge is -2.05. The minimum Gasteiger partial charge on any atom is -0.334 e. The van der Waals surface area contributed by atoms with Crippen molar-refractivity contribution in [3.05, 3.63) is 36.5 Å². The summed E-state index contributed by atoms with van der Waals surface area (Å²) in [5.41, 5.74) is 1.24. The van der Waals surface area contributed by atoms with Crippen molar-refractivity contribution in [3.63, 3.8) is 0 Å². The maximum Gasteiger partial charge on any atom is 0.279 e. The Labute approximate surface area is 92.8 Å². The van der Waals surface area contributed by atoms with Crippen molar-refractivity contribution < 1.29 is 8.42 Å². The van der Waals surface area contributed by atoms with Gasteiger partial charge >= 0.3 is 0 Å². The maximum atomic E-state index is 11.7. The summed E-state index contributed by atoms with van der Waals surface area (Å²) >= 11 is 0. The van der Waals surface area contributed by atoms with Crippen LogP contribution in [0.5, 0.6) is 0 Å².